The molecule has 1 aromatic rings. The highest BCUT2D eigenvalue weighted by molar-refractivity contribution is 5.11. The number of hydrogen-bond acceptors (Lipinski definition) is 1. The maximum atomic E-state index is 3.97. The second kappa shape index (κ2) is 3.30. The zero-order valence-corrected chi connectivity index (χ0v) is 8.39. The molecule has 0 radical (unpaired) electrons. The van der Waals surface area contributed by atoms with Crippen molar-refractivity contribution in [1.29, 1.82) is 0 Å². The van der Waals surface area contributed by atoms with Gasteiger partial charge in [0.2, 0.25) is 0 Å². The lowest BCUT2D eigenvalue weighted by atomic mass is 9.81. The first-order chi connectivity index (χ1) is 5.52. The van der Waals surface area contributed by atoms with Crippen molar-refractivity contribution in [2.24, 2.45) is 5.92 Å². The van der Waals surface area contributed by atoms with Crippen LogP contribution in [0, 0.1) is 5.92 Å². The minimum absolute atomic E-state index is 0.227. The van der Waals surface area contributed by atoms with Gasteiger partial charge >= 0.3 is 0 Å². The van der Waals surface area contributed by atoms with E-state index in [2.05, 4.69) is 44.0 Å². The van der Waals surface area contributed by atoms with Crippen molar-refractivity contribution >= 4 is 0 Å². The first kappa shape index (κ1) is 9.30. The summed E-state index contributed by atoms with van der Waals surface area (Å²) in [6.07, 6.45) is 3.01. The summed E-state index contributed by atoms with van der Waals surface area (Å²) in [4.78, 5) is 0. The maximum Gasteiger partial charge on any atom is 0.0490 e. The summed E-state index contributed by atoms with van der Waals surface area (Å²) in [6, 6.07) is 2.06. The molecule has 1 rings (SSSR count). The van der Waals surface area contributed by atoms with E-state index in [0.29, 0.717) is 0 Å². The molecule has 0 aliphatic heterocycles. The lowest BCUT2D eigenvalue weighted by Gasteiger charge is -2.24. The van der Waals surface area contributed by atoms with Gasteiger partial charge in [-0.05, 0) is 18.4 Å². The number of nitrogens with one attached hydrogen (secondary N) is 1. The molecular weight excluding hydrogens is 148 g/mol. The van der Waals surface area contributed by atoms with Gasteiger partial charge in [-0.3, -0.25) is 5.10 Å². The van der Waals surface area contributed by atoms with Crippen LogP contribution in [-0.2, 0) is 5.41 Å². The number of H-pyrrole nitrogens is 1. The molecular formula is C10H18N2. The van der Waals surface area contributed by atoms with E-state index in [1.54, 1.807) is 0 Å². The SMILES string of the molecule is CC(C)CC(C)(C)c1ccn[nH]1. The predicted octanol–water partition coefficient (Wildman–Crippen LogP) is 2.73. The van der Waals surface area contributed by atoms with Gasteiger partial charge in [0, 0.05) is 17.3 Å². The zero-order chi connectivity index (χ0) is 9.19. The Morgan fingerprint density at radius 2 is 2.17 bits per heavy atom. The van der Waals surface area contributed by atoms with Crippen molar-refractivity contribution < 1.29 is 0 Å². The van der Waals surface area contributed by atoms with Crippen molar-refractivity contribution in [3.05, 3.63) is 18.0 Å². The Morgan fingerprint density at radius 1 is 1.50 bits per heavy atom. The summed E-state index contributed by atoms with van der Waals surface area (Å²) < 4.78 is 0. The molecule has 0 unspecified atom stereocenters. The number of rotatable bonds is 3. The molecule has 0 aliphatic rings. The van der Waals surface area contributed by atoms with E-state index < -0.39 is 0 Å². The van der Waals surface area contributed by atoms with Gasteiger partial charge in [0.05, 0.1) is 0 Å². The van der Waals surface area contributed by atoms with Gasteiger partial charge in [-0.25, -0.2) is 0 Å². The van der Waals surface area contributed by atoms with E-state index >= 15 is 0 Å². The molecule has 0 bridgehead atoms. The molecule has 0 aliphatic carbocycles. The van der Waals surface area contributed by atoms with Gasteiger partial charge in [-0.15, -0.1) is 0 Å². The minimum Gasteiger partial charge on any atom is -0.282 e. The molecule has 12 heavy (non-hydrogen) atoms. The normalized spacial score (nSPS) is 12.4. The molecule has 0 amide bonds. The van der Waals surface area contributed by atoms with E-state index in [9.17, 15) is 0 Å². The van der Waals surface area contributed by atoms with Crippen LogP contribution in [0.25, 0.3) is 0 Å². The third-order valence-electron chi connectivity index (χ3n) is 2.15. The van der Waals surface area contributed by atoms with Crippen LogP contribution in [0.5, 0.6) is 0 Å². The number of aromatic amines is 1. The Kier molecular flexibility index (Phi) is 2.55. The van der Waals surface area contributed by atoms with E-state index in [1.165, 1.54) is 12.1 Å². The minimum atomic E-state index is 0.227. The smallest absolute Gasteiger partial charge is 0.0490 e. The maximum absolute atomic E-state index is 3.97. The highest BCUT2D eigenvalue weighted by Gasteiger charge is 2.22. The Labute approximate surface area is 74.4 Å². The summed E-state index contributed by atoms with van der Waals surface area (Å²) in [6.45, 7) is 9.00. The van der Waals surface area contributed by atoms with Crippen LogP contribution in [0.15, 0.2) is 12.3 Å². The third-order valence-corrected chi connectivity index (χ3v) is 2.15. The Morgan fingerprint density at radius 3 is 2.58 bits per heavy atom. The van der Waals surface area contributed by atoms with E-state index in [4.69, 9.17) is 0 Å². The molecule has 0 aromatic carbocycles. The van der Waals surface area contributed by atoms with Crippen LogP contribution in [-0.4, -0.2) is 10.2 Å². The molecule has 1 N–H and O–H groups in total. The van der Waals surface area contributed by atoms with Crippen LogP contribution in [0.3, 0.4) is 0 Å². The average molecular weight is 166 g/mol. The fraction of sp³-hybridized carbons (Fsp3) is 0.700. The second-order valence-corrected chi connectivity index (χ2v) is 4.45. The second-order valence-electron chi connectivity index (χ2n) is 4.45. The van der Waals surface area contributed by atoms with Crippen molar-refractivity contribution in [2.75, 3.05) is 0 Å². The lowest BCUT2D eigenvalue weighted by Crippen LogP contribution is -2.20. The molecule has 2 heteroatoms. The van der Waals surface area contributed by atoms with Gasteiger partial charge in [0.15, 0.2) is 0 Å². The summed E-state index contributed by atoms with van der Waals surface area (Å²) in [5.41, 5.74) is 1.46. The molecule has 1 heterocycles. The molecule has 0 spiro atoms. The fourth-order valence-electron chi connectivity index (χ4n) is 1.76. The quantitative estimate of drug-likeness (QED) is 0.734. The van der Waals surface area contributed by atoms with Gasteiger partial charge in [-0.2, -0.15) is 5.10 Å². The highest BCUT2D eigenvalue weighted by atomic mass is 15.1. The van der Waals surface area contributed by atoms with Gasteiger partial charge < -0.3 is 0 Å². The van der Waals surface area contributed by atoms with E-state index in [0.717, 1.165) is 5.92 Å². The average Bonchev–Trinajstić information content (AvgIpc) is 2.32. The summed E-state index contributed by atoms with van der Waals surface area (Å²) in [7, 11) is 0. The number of hydrogen-bond donors (Lipinski definition) is 1. The highest BCUT2D eigenvalue weighted by Crippen LogP contribution is 2.28. The Bertz CT molecular complexity index is 222. The lowest BCUT2D eigenvalue weighted by molar-refractivity contribution is 0.390. The topological polar surface area (TPSA) is 28.7 Å². The predicted molar refractivity (Wildman–Crippen MR) is 51.1 cm³/mol. The van der Waals surface area contributed by atoms with Crippen molar-refractivity contribution in [2.45, 2.75) is 39.5 Å². The summed E-state index contributed by atoms with van der Waals surface area (Å²) >= 11 is 0. The summed E-state index contributed by atoms with van der Waals surface area (Å²) in [5, 5.41) is 7.00. The van der Waals surface area contributed by atoms with E-state index in [-0.39, 0.29) is 5.41 Å². The largest absolute Gasteiger partial charge is 0.282 e. The van der Waals surface area contributed by atoms with Gasteiger partial charge in [0.1, 0.15) is 0 Å². The monoisotopic (exact) mass is 166 g/mol. The molecule has 1 aromatic heterocycles. The van der Waals surface area contributed by atoms with Crippen LogP contribution < -0.4 is 0 Å². The van der Waals surface area contributed by atoms with Crippen molar-refractivity contribution in [3.63, 3.8) is 0 Å². The number of nitrogens with zero attached hydrogens (tertiary/aromatic N) is 1. The third kappa shape index (κ3) is 2.10. The van der Waals surface area contributed by atoms with Crippen LogP contribution in [0.4, 0.5) is 0 Å². The number of aromatic nitrogens is 2. The standard InChI is InChI=1S/C10H18N2/c1-8(2)7-10(3,4)9-5-6-11-12-9/h5-6,8H,7H2,1-4H3,(H,11,12). The molecule has 0 saturated carbocycles. The van der Waals surface area contributed by atoms with E-state index in [1.807, 2.05) is 6.20 Å². The summed E-state index contributed by atoms with van der Waals surface area (Å²) in [5.74, 6) is 0.725. The molecule has 2 nitrogen and oxygen atoms in total. The zero-order valence-electron chi connectivity index (χ0n) is 8.39. The Hall–Kier alpha value is -0.790. The molecule has 0 fully saturated rings. The first-order valence-corrected chi connectivity index (χ1v) is 4.52. The van der Waals surface area contributed by atoms with Crippen molar-refractivity contribution in [3.8, 4) is 0 Å². The molecule has 68 valence electrons. The molecule has 0 saturated heterocycles. The first-order valence-electron chi connectivity index (χ1n) is 4.52. The Balaban J connectivity index is 2.72. The molecule has 0 atom stereocenters. The van der Waals surface area contributed by atoms with Gasteiger partial charge in [-0.1, -0.05) is 27.7 Å². The van der Waals surface area contributed by atoms with Crippen LogP contribution in [0.1, 0.15) is 39.8 Å². The van der Waals surface area contributed by atoms with Crippen LogP contribution in [0.2, 0.25) is 0 Å². The fourth-order valence-corrected chi connectivity index (χ4v) is 1.76. The van der Waals surface area contributed by atoms with Gasteiger partial charge in [0.25, 0.3) is 0 Å². The van der Waals surface area contributed by atoms with Crippen molar-refractivity contribution in [1.82, 2.24) is 10.2 Å². The van der Waals surface area contributed by atoms with Crippen LogP contribution >= 0.6 is 0 Å².